The van der Waals surface area contributed by atoms with E-state index in [1.807, 2.05) is 104 Å². The van der Waals surface area contributed by atoms with E-state index in [4.69, 9.17) is 4.98 Å². The highest BCUT2D eigenvalue weighted by molar-refractivity contribution is 6.09. The summed E-state index contributed by atoms with van der Waals surface area (Å²) in [4.78, 5) is 9.34. The highest BCUT2D eigenvalue weighted by atomic mass is 14.7. The summed E-state index contributed by atoms with van der Waals surface area (Å²) in [5.74, 6) is 0. The van der Waals surface area contributed by atoms with Crippen molar-refractivity contribution in [3.63, 3.8) is 0 Å². The van der Waals surface area contributed by atoms with Crippen LogP contribution >= 0.6 is 0 Å². The van der Waals surface area contributed by atoms with Crippen LogP contribution in [0.3, 0.4) is 0 Å². The summed E-state index contributed by atoms with van der Waals surface area (Å²) in [6, 6.07) is 45.8. The zero-order valence-electron chi connectivity index (χ0n) is 26.6. The second kappa shape index (κ2) is 18.7. The molecular formula is C40H46N2. The molecule has 0 radical (unpaired) electrons. The molecule has 5 aromatic carbocycles. The van der Waals surface area contributed by atoms with Gasteiger partial charge in [0.25, 0.3) is 0 Å². The summed E-state index contributed by atoms with van der Waals surface area (Å²) in [6.45, 7) is 16.0. The Labute approximate surface area is 253 Å². The highest BCUT2D eigenvalue weighted by Crippen LogP contribution is 2.34. The molecule has 2 heterocycles. The molecule has 7 rings (SSSR count). The van der Waals surface area contributed by atoms with Gasteiger partial charge < -0.3 is 0 Å². The molecule has 2 heteroatoms. The maximum absolute atomic E-state index is 4.76. The van der Waals surface area contributed by atoms with Crippen molar-refractivity contribution in [1.29, 1.82) is 0 Å². The first-order valence-corrected chi connectivity index (χ1v) is 15.4. The molecular weight excluding hydrogens is 508 g/mol. The second-order valence-electron chi connectivity index (χ2n) is 8.26. The van der Waals surface area contributed by atoms with Gasteiger partial charge in [0.05, 0.1) is 22.1 Å². The third kappa shape index (κ3) is 8.24. The maximum Gasteiger partial charge on any atom is 0.0715 e. The quantitative estimate of drug-likeness (QED) is 0.189. The van der Waals surface area contributed by atoms with Gasteiger partial charge in [-0.25, -0.2) is 9.97 Å². The van der Waals surface area contributed by atoms with Crippen LogP contribution in [0, 0.1) is 0 Å². The van der Waals surface area contributed by atoms with E-state index in [1.165, 1.54) is 32.7 Å². The molecule has 2 nitrogen and oxygen atoms in total. The van der Waals surface area contributed by atoms with Gasteiger partial charge in [-0.2, -0.15) is 0 Å². The van der Waals surface area contributed by atoms with Crippen molar-refractivity contribution < 1.29 is 0 Å². The van der Waals surface area contributed by atoms with E-state index in [0.29, 0.717) is 0 Å². The maximum atomic E-state index is 4.76. The van der Waals surface area contributed by atoms with Crippen LogP contribution in [0.5, 0.6) is 0 Å². The normalized spacial score (nSPS) is 9.43. The first-order chi connectivity index (χ1) is 20.9. The van der Waals surface area contributed by atoms with Gasteiger partial charge >= 0.3 is 0 Å². The van der Waals surface area contributed by atoms with Gasteiger partial charge in [0, 0.05) is 27.1 Å². The summed E-state index contributed by atoms with van der Waals surface area (Å²) in [6.07, 6.45) is 0. The van der Waals surface area contributed by atoms with Gasteiger partial charge in [-0.15, -0.1) is 0 Å². The Hall–Kier alpha value is -4.56. The number of nitrogens with zero attached hydrogens (tertiary/aromatic N) is 2. The van der Waals surface area contributed by atoms with Crippen molar-refractivity contribution in [2.45, 2.75) is 55.4 Å². The van der Waals surface area contributed by atoms with Gasteiger partial charge in [-0.05, 0) is 35.9 Å². The summed E-state index contributed by atoms with van der Waals surface area (Å²) in [5, 5.41) is 4.81. The predicted molar refractivity (Wildman–Crippen MR) is 189 cm³/mol. The van der Waals surface area contributed by atoms with Crippen LogP contribution < -0.4 is 0 Å². The van der Waals surface area contributed by atoms with Crippen molar-refractivity contribution in [2.75, 3.05) is 0 Å². The molecule has 0 bridgehead atoms. The molecule has 42 heavy (non-hydrogen) atoms. The van der Waals surface area contributed by atoms with Crippen LogP contribution in [0.4, 0.5) is 0 Å². The fourth-order valence-electron chi connectivity index (χ4n) is 4.48. The summed E-state index contributed by atoms with van der Waals surface area (Å²) in [7, 11) is 0. The number of hydrogen-bond acceptors (Lipinski definition) is 2. The molecule has 0 aliphatic carbocycles. The molecule has 0 aliphatic heterocycles. The number of fused-ring (bicyclic) bond motifs is 4. The number of aromatic nitrogens is 2. The number of benzene rings is 5. The van der Waals surface area contributed by atoms with Gasteiger partial charge in [0.15, 0.2) is 0 Å². The lowest BCUT2D eigenvalue weighted by atomic mass is 9.96. The second-order valence-corrected chi connectivity index (χ2v) is 8.26. The third-order valence-corrected chi connectivity index (χ3v) is 6.08. The van der Waals surface area contributed by atoms with Crippen molar-refractivity contribution >= 4 is 43.6 Å². The van der Waals surface area contributed by atoms with E-state index in [0.717, 1.165) is 22.1 Å². The molecule has 0 unspecified atom stereocenters. The lowest BCUT2D eigenvalue weighted by molar-refractivity contribution is 1.49. The lowest BCUT2D eigenvalue weighted by Crippen LogP contribution is -1.88. The van der Waals surface area contributed by atoms with Crippen molar-refractivity contribution in [2.24, 2.45) is 0 Å². The fraction of sp³-hybridized carbons (Fsp3) is 0.200. The molecule has 0 spiro atoms. The summed E-state index contributed by atoms with van der Waals surface area (Å²) < 4.78 is 0. The van der Waals surface area contributed by atoms with E-state index in [2.05, 4.69) is 89.9 Å². The lowest BCUT2D eigenvalue weighted by Gasteiger charge is -2.10. The first kappa shape index (κ1) is 33.6. The smallest absolute Gasteiger partial charge is 0.0715 e. The average molecular weight is 555 g/mol. The monoisotopic (exact) mass is 554 g/mol. The van der Waals surface area contributed by atoms with Gasteiger partial charge in [-0.1, -0.05) is 159 Å². The molecule has 7 aromatic rings. The first-order valence-electron chi connectivity index (χ1n) is 15.4. The summed E-state index contributed by atoms with van der Waals surface area (Å²) in [5.41, 5.74) is 6.72. The Morgan fingerprint density at radius 3 is 1.12 bits per heavy atom. The van der Waals surface area contributed by atoms with Gasteiger partial charge in [0.1, 0.15) is 0 Å². The van der Waals surface area contributed by atoms with E-state index >= 15 is 0 Å². The summed E-state index contributed by atoms with van der Waals surface area (Å²) >= 11 is 0. The number of rotatable bonds is 1. The number of pyridine rings is 2. The highest BCUT2D eigenvalue weighted by Gasteiger charge is 2.09. The predicted octanol–water partition coefficient (Wildman–Crippen LogP) is 12.5. The van der Waals surface area contributed by atoms with E-state index in [1.54, 1.807) is 0 Å². The Balaban J connectivity index is 0.000000246. The molecule has 0 amide bonds. The van der Waals surface area contributed by atoms with Crippen LogP contribution in [0.25, 0.3) is 54.7 Å². The van der Waals surface area contributed by atoms with E-state index in [-0.39, 0.29) is 0 Å². The Morgan fingerprint density at radius 1 is 0.333 bits per heavy atom. The van der Waals surface area contributed by atoms with Crippen molar-refractivity contribution in [3.8, 4) is 11.1 Å². The van der Waals surface area contributed by atoms with Gasteiger partial charge in [0.2, 0.25) is 0 Å². The minimum absolute atomic E-state index is 1.05. The third-order valence-electron chi connectivity index (χ3n) is 6.08. The molecule has 0 aliphatic rings. The topological polar surface area (TPSA) is 25.8 Å². The van der Waals surface area contributed by atoms with E-state index in [9.17, 15) is 0 Å². The molecule has 0 N–H and O–H groups in total. The minimum Gasteiger partial charge on any atom is -0.248 e. The van der Waals surface area contributed by atoms with Crippen LogP contribution in [0.1, 0.15) is 55.4 Å². The molecule has 216 valence electrons. The average Bonchev–Trinajstić information content (AvgIpc) is 3.10. The zero-order valence-corrected chi connectivity index (χ0v) is 26.6. The van der Waals surface area contributed by atoms with Crippen LogP contribution in [0.15, 0.2) is 133 Å². The van der Waals surface area contributed by atoms with Crippen molar-refractivity contribution in [1.82, 2.24) is 9.97 Å². The molecule has 0 atom stereocenters. The van der Waals surface area contributed by atoms with Crippen LogP contribution in [0.2, 0.25) is 0 Å². The number of hydrogen-bond donors (Lipinski definition) is 0. The van der Waals surface area contributed by atoms with Crippen LogP contribution in [-0.4, -0.2) is 9.97 Å². The van der Waals surface area contributed by atoms with Crippen LogP contribution in [-0.2, 0) is 0 Å². The Bertz CT molecular complexity index is 1600. The zero-order chi connectivity index (χ0) is 30.7. The van der Waals surface area contributed by atoms with Gasteiger partial charge in [-0.3, -0.25) is 0 Å². The molecule has 0 saturated carbocycles. The van der Waals surface area contributed by atoms with E-state index < -0.39 is 0 Å². The Kier molecular flexibility index (Phi) is 15.0. The fourth-order valence-corrected chi connectivity index (χ4v) is 4.48. The largest absolute Gasteiger partial charge is 0.248 e. The number of para-hydroxylation sites is 4. The van der Waals surface area contributed by atoms with Crippen molar-refractivity contribution in [3.05, 3.63) is 133 Å². The SMILES string of the molecule is CC.CC.CC.CC.c1ccc(-c2c3ccccc3nc3ccccc23)cc1.c1ccc2nc3ccccc3cc2c1. The standard InChI is InChI=1S/C19H13N.C13H9N.4C2H6/c1-2-8-14(9-3-1)19-15-10-4-6-12-17(15)20-18-13-7-5-11-16(18)19;1-3-7-12-10(5-1)9-11-6-2-4-8-13(11)14-12;4*1-2/h1-13H;1-9H;4*1-2H3. The minimum atomic E-state index is 1.05. The molecule has 0 saturated heterocycles. The Morgan fingerprint density at radius 2 is 0.667 bits per heavy atom. The molecule has 2 aromatic heterocycles. The molecule has 0 fully saturated rings.